The lowest BCUT2D eigenvalue weighted by Crippen LogP contribution is -2.48. The minimum atomic E-state index is -0.669. The SMILES string of the molecule is CN1CCCC1(CCCc1ccncc1)C(=O)O. The van der Waals surface area contributed by atoms with Crippen LogP contribution in [0.1, 0.15) is 31.2 Å². The topological polar surface area (TPSA) is 53.4 Å². The molecule has 1 saturated heterocycles. The van der Waals surface area contributed by atoms with Gasteiger partial charge >= 0.3 is 5.97 Å². The summed E-state index contributed by atoms with van der Waals surface area (Å²) in [5, 5.41) is 9.48. The van der Waals surface area contributed by atoms with Crippen LogP contribution >= 0.6 is 0 Å². The molecular weight excluding hydrogens is 228 g/mol. The zero-order valence-electron chi connectivity index (χ0n) is 10.8. The van der Waals surface area contributed by atoms with E-state index in [1.807, 2.05) is 24.1 Å². The highest BCUT2D eigenvalue weighted by Crippen LogP contribution is 2.32. The van der Waals surface area contributed by atoms with E-state index in [0.29, 0.717) is 0 Å². The van der Waals surface area contributed by atoms with Gasteiger partial charge < -0.3 is 5.11 Å². The number of pyridine rings is 1. The standard InChI is InChI=1S/C14H20N2O2/c1-16-11-3-8-14(16,13(17)18)7-2-4-12-5-9-15-10-6-12/h5-6,9-10H,2-4,7-8,11H2,1H3,(H,17,18). The summed E-state index contributed by atoms with van der Waals surface area (Å²) in [4.78, 5) is 17.5. The predicted molar refractivity (Wildman–Crippen MR) is 69.4 cm³/mol. The Morgan fingerprint density at radius 1 is 1.50 bits per heavy atom. The maximum atomic E-state index is 11.5. The molecule has 0 bridgehead atoms. The number of likely N-dealkylation sites (tertiary alicyclic amines) is 1. The van der Waals surface area contributed by atoms with Gasteiger partial charge in [-0.1, -0.05) is 0 Å². The first-order valence-corrected chi connectivity index (χ1v) is 6.49. The summed E-state index contributed by atoms with van der Waals surface area (Å²) in [6.07, 6.45) is 7.87. The number of carbonyl (C=O) groups is 1. The third-order valence-electron chi connectivity index (χ3n) is 4.02. The Morgan fingerprint density at radius 2 is 2.22 bits per heavy atom. The fraction of sp³-hybridized carbons (Fsp3) is 0.571. The van der Waals surface area contributed by atoms with Crippen molar-refractivity contribution in [3.05, 3.63) is 30.1 Å². The van der Waals surface area contributed by atoms with Crippen molar-refractivity contribution in [1.82, 2.24) is 9.88 Å². The van der Waals surface area contributed by atoms with E-state index in [1.165, 1.54) is 5.56 Å². The second-order valence-electron chi connectivity index (χ2n) is 5.07. The van der Waals surface area contributed by atoms with Crippen LogP contribution in [-0.2, 0) is 11.2 Å². The molecule has 1 aromatic heterocycles. The average Bonchev–Trinajstić information content (AvgIpc) is 2.73. The molecule has 1 N–H and O–H groups in total. The van der Waals surface area contributed by atoms with Crippen molar-refractivity contribution in [3.63, 3.8) is 0 Å². The first-order chi connectivity index (χ1) is 8.65. The Kier molecular flexibility index (Phi) is 3.97. The van der Waals surface area contributed by atoms with Crippen molar-refractivity contribution in [2.75, 3.05) is 13.6 Å². The van der Waals surface area contributed by atoms with Crippen LogP contribution in [-0.4, -0.2) is 40.1 Å². The summed E-state index contributed by atoms with van der Waals surface area (Å²) in [5.41, 5.74) is 0.596. The van der Waals surface area contributed by atoms with Gasteiger partial charge in [0.05, 0.1) is 0 Å². The van der Waals surface area contributed by atoms with Crippen molar-refractivity contribution in [2.24, 2.45) is 0 Å². The zero-order chi connectivity index (χ0) is 13.0. The van der Waals surface area contributed by atoms with Crippen LogP contribution in [0.4, 0.5) is 0 Å². The predicted octanol–water partition coefficient (Wildman–Crippen LogP) is 1.95. The van der Waals surface area contributed by atoms with E-state index in [-0.39, 0.29) is 0 Å². The minimum Gasteiger partial charge on any atom is -0.480 e. The van der Waals surface area contributed by atoms with Gasteiger partial charge in [0.1, 0.15) is 5.54 Å². The quantitative estimate of drug-likeness (QED) is 0.865. The molecule has 0 saturated carbocycles. The third-order valence-corrected chi connectivity index (χ3v) is 4.02. The number of hydrogen-bond acceptors (Lipinski definition) is 3. The highest BCUT2D eigenvalue weighted by Gasteiger charge is 2.44. The number of aliphatic carboxylic acids is 1. The second-order valence-corrected chi connectivity index (χ2v) is 5.07. The van der Waals surface area contributed by atoms with Crippen molar-refractivity contribution in [2.45, 2.75) is 37.6 Å². The zero-order valence-corrected chi connectivity index (χ0v) is 10.8. The van der Waals surface area contributed by atoms with Crippen LogP contribution in [0.5, 0.6) is 0 Å². The maximum Gasteiger partial charge on any atom is 0.324 e. The second kappa shape index (κ2) is 5.48. The molecule has 4 heteroatoms. The molecule has 0 radical (unpaired) electrons. The molecule has 0 amide bonds. The summed E-state index contributed by atoms with van der Waals surface area (Å²) in [5.74, 6) is -0.669. The molecule has 98 valence electrons. The van der Waals surface area contributed by atoms with Crippen molar-refractivity contribution in [1.29, 1.82) is 0 Å². The smallest absolute Gasteiger partial charge is 0.324 e. The van der Waals surface area contributed by atoms with Crippen molar-refractivity contribution >= 4 is 5.97 Å². The lowest BCUT2D eigenvalue weighted by atomic mass is 9.89. The lowest BCUT2D eigenvalue weighted by Gasteiger charge is -2.31. The van der Waals surface area contributed by atoms with E-state index in [4.69, 9.17) is 0 Å². The highest BCUT2D eigenvalue weighted by molar-refractivity contribution is 5.79. The van der Waals surface area contributed by atoms with Gasteiger partial charge in [0, 0.05) is 12.4 Å². The molecule has 4 nitrogen and oxygen atoms in total. The van der Waals surface area contributed by atoms with Crippen molar-refractivity contribution < 1.29 is 9.90 Å². The van der Waals surface area contributed by atoms with Gasteiger partial charge in [-0.25, -0.2) is 0 Å². The number of likely N-dealkylation sites (N-methyl/N-ethyl adjacent to an activating group) is 1. The average molecular weight is 248 g/mol. The number of nitrogens with zero attached hydrogens (tertiary/aromatic N) is 2. The van der Waals surface area contributed by atoms with Crippen LogP contribution < -0.4 is 0 Å². The maximum absolute atomic E-state index is 11.5. The Morgan fingerprint density at radius 3 is 2.78 bits per heavy atom. The number of rotatable bonds is 5. The third kappa shape index (κ3) is 2.53. The number of aryl methyl sites for hydroxylation is 1. The van der Waals surface area contributed by atoms with Gasteiger partial charge in [0.2, 0.25) is 0 Å². The molecule has 1 atom stereocenters. The van der Waals surface area contributed by atoms with E-state index in [2.05, 4.69) is 4.98 Å². The van der Waals surface area contributed by atoms with Crippen LogP contribution in [0.15, 0.2) is 24.5 Å². The molecule has 0 spiro atoms. The Hall–Kier alpha value is -1.42. The van der Waals surface area contributed by atoms with Gasteiger partial charge in [-0.15, -0.1) is 0 Å². The molecule has 0 aliphatic carbocycles. The first kappa shape index (κ1) is 13.0. The molecule has 1 fully saturated rings. The van der Waals surface area contributed by atoms with Gasteiger partial charge in [0.25, 0.3) is 0 Å². The molecule has 18 heavy (non-hydrogen) atoms. The van der Waals surface area contributed by atoms with E-state index in [1.54, 1.807) is 12.4 Å². The fourth-order valence-electron chi connectivity index (χ4n) is 2.84. The molecule has 2 rings (SSSR count). The molecule has 1 aliphatic rings. The Balaban J connectivity index is 1.93. The highest BCUT2D eigenvalue weighted by atomic mass is 16.4. The van der Waals surface area contributed by atoms with Gasteiger partial charge in [-0.05, 0) is 63.4 Å². The summed E-state index contributed by atoms with van der Waals surface area (Å²) in [6.45, 7) is 0.890. The Labute approximate surface area is 108 Å². The van der Waals surface area contributed by atoms with Crippen LogP contribution in [0.2, 0.25) is 0 Å². The van der Waals surface area contributed by atoms with E-state index < -0.39 is 11.5 Å². The number of carboxylic acids is 1. The number of aromatic nitrogens is 1. The monoisotopic (exact) mass is 248 g/mol. The van der Waals surface area contributed by atoms with Crippen LogP contribution in [0.3, 0.4) is 0 Å². The van der Waals surface area contributed by atoms with E-state index in [9.17, 15) is 9.90 Å². The van der Waals surface area contributed by atoms with E-state index in [0.717, 1.165) is 38.6 Å². The summed E-state index contributed by atoms with van der Waals surface area (Å²) >= 11 is 0. The lowest BCUT2D eigenvalue weighted by molar-refractivity contribution is -0.149. The Bertz CT molecular complexity index is 408. The van der Waals surface area contributed by atoms with Crippen molar-refractivity contribution in [3.8, 4) is 0 Å². The molecule has 1 unspecified atom stereocenters. The number of hydrogen-bond donors (Lipinski definition) is 1. The van der Waals surface area contributed by atoms with Gasteiger partial charge in [-0.2, -0.15) is 0 Å². The molecule has 2 heterocycles. The molecule has 0 aromatic carbocycles. The normalized spacial score (nSPS) is 24.3. The molecular formula is C14H20N2O2. The fourth-order valence-corrected chi connectivity index (χ4v) is 2.84. The van der Waals surface area contributed by atoms with Crippen LogP contribution in [0.25, 0.3) is 0 Å². The molecule has 1 aliphatic heterocycles. The minimum absolute atomic E-state index is 0.632. The largest absolute Gasteiger partial charge is 0.480 e. The number of carboxylic acid groups (broad SMARTS) is 1. The summed E-state index contributed by atoms with van der Waals surface area (Å²) in [6, 6.07) is 3.98. The van der Waals surface area contributed by atoms with Gasteiger partial charge in [0.15, 0.2) is 0 Å². The van der Waals surface area contributed by atoms with Crippen LogP contribution in [0, 0.1) is 0 Å². The van der Waals surface area contributed by atoms with Gasteiger partial charge in [-0.3, -0.25) is 14.7 Å². The summed E-state index contributed by atoms with van der Waals surface area (Å²) < 4.78 is 0. The summed E-state index contributed by atoms with van der Waals surface area (Å²) in [7, 11) is 1.92. The van der Waals surface area contributed by atoms with E-state index >= 15 is 0 Å². The first-order valence-electron chi connectivity index (χ1n) is 6.49. The molecule has 1 aromatic rings.